The molecular weight excluding hydrogens is 238 g/mol. The summed E-state index contributed by atoms with van der Waals surface area (Å²) in [4.78, 5) is 2.30. The number of methoxy groups -OCH3 is 1. The van der Waals surface area contributed by atoms with Gasteiger partial charge in [-0.2, -0.15) is 5.26 Å². The Balaban J connectivity index is 2.14. The molecule has 0 spiro atoms. The first-order valence-electron chi connectivity index (χ1n) is 6.70. The lowest BCUT2D eigenvalue weighted by Crippen LogP contribution is -2.22. The summed E-state index contributed by atoms with van der Waals surface area (Å²) in [5.41, 5.74) is 2.97. The molecule has 1 heterocycles. The van der Waals surface area contributed by atoms with Crippen LogP contribution in [0.2, 0.25) is 0 Å². The van der Waals surface area contributed by atoms with E-state index in [0.29, 0.717) is 5.92 Å². The summed E-state index contributed by atoms with van der Waals surface area (Å²) in [7, 11) is 3.66. The van der Waals surface area contributed by atoms with Gasteiger partial charge in [0.1, 0.15) is 6.07 Å². The molecule has 19 heavy (non-hydrogen) atoms. The van der Waals surface area contributed by atoms with E-state index in [1.807, 2.05) is 13.1 Å². The van der Waals surface area contributed by atoms with E-state index < -0.39 is 0 Å². The molecule has 4 heteroatoms. The predicted molar refractivity (Wildman–Crippen MR) is 76.1 cm³/mol. The molecule has 1 aliphatic rings. The van der Waals surface area contributed by atoms with Gasteiger partial charge in [-0.25, -0.2) is 0 Å². The highest BCUT2D eigenvalue weighted by molar-refractivity contribution is 5.61. The van der Waals surface area contributed by atoms with Crippen LogP contribution in [0.15, 0.2) is 18.2 Å². The lowest BCUT2D eigenvalue weighted by atomic mass is 10.1. The van der Waals surface area contributed by atoms with Gasteiger partial charge in [0.15, 0.2) is 0 Å². The van der Waals surface area contributed by atoms with Crippen molar-refractivity contribution >= 4 is 5.69 Å². The van der Waals surface area contributed by atoms with E-state index in [2.05, 4.69) is 28.4 Å². The molecule has 102 valence electrons. The smallest absolute Gasteiger partial charge is 0.101 e. The Morgan fingerprint density at radius 1 is 1.53 bits per heavy atom. The Morgan fingerprint density at radius 2 is 2.37 bits per heavy atom. The number of ether oxygens (including phenoxy) is 1. The lowest BCUT2D eigenvalue weighted by molar-refractivity contribution is 0.161. The minimum atomic E-state index is 0.577. The summed E-state index contributed by atoms with van der Waals surface area (Å²) in [6, 6.07) is 8.46. The zero-order chi connectivity index (χ0) is 13.7. The monoisotopic (exact) mass is 259 g/mol. The van der Waals surface area contributed by atoms with Crippen LogP contribution in [-0.2, 0) is 11.3 Å². The maximum Gasteiger partial charge on any atom is 0.101 e. The zero-order valence-electron chi connectivity index (χ0n) is 11.6. The van der Waals surface area contributed by atoms with Crippen molar-refractivity contribution in [3.05, 3.63) is 29.3 Å². The summed E-state index contributed by atoms with van der Waals surface area (Å²) in [5.74, 6) is 0.577. The maximum absolute atomic E-state index is 9.32. The van der Waals surface area contributed by atoms with Gasteiger partial charge in [0.05, 0.1) is 17.9 Å². The Hall–Kier alpha value is -1.57. The quantitative estimate of drug-likeness (QED) is 0.875. The highest BCUT2D eigenvalue weighted by atomic mass is 16.5. The van der Waals surface area contributed by atoms with Crippen LogP contribution < -0.4 is 10.2 Å². The minimum absolute atomic E-state index is 0.577. The molecule has 2 rings (SSSR count). The van der Waals surface area contributed by atoms with Gasteiger partial charge >= 0.3 is 0 Å². The van der Waals surface area contributed by atoms with Crippen LogP contribution >= 0.6 is 0 Å². The highest BCUT2D eigenvalue weighted by Crippen LogP contribution is 2.27. The van der Waals surface area contributed by atoms with Crippen LogP contribution in [0.3, 0.4) is 0 Å². The van der Waals surface area contributed by atoms with Crippen LogP contribution in [0, 0.1) is 17.2 Å². The molecule has 1 N–H and O–H groups in total. The number of hydrogen-bond acceptors (Lipinski definition) is 4. The first kappa shape index (κ1) is 13.9. The molecular formula is C15H21N3O. The summed E-state index contributed by atoms with van der Waals surface area (Å²) < 4.78 is 5.22. The SMILES string of the molecule is CNCc1ccc(N2CCC(COC)C2)c(C#N)c1. The number of hydrogen-bond donors (Lipinski definition) is 1. The molecule has 0 aliphatic carbocycles. The Morgan fingerprint density at radius 3 is 3.05 bits per heavy atom. The number of anilines is 1. The average Bonchev–Trinajstić information content (AvgIpc) is 2.88. The molecule has 1 saturated heterocycles. The van der Waals surface area contributed by atoms with Gasteiger partial charge in [-0.15, -0.1) is 0 Å². The largest absolute Gasteiger partial charge is 0.384 e. The molecule has 4 nitrogen and oxygen atoms in total. The predicted octanol–water partition coefficient (Wildman–Crippen LogP) is 1.75. The standard InChI is InChI=1S/C15H21N3O/c1-17-9-12-3-4-15(14(7-12)8-16)18-6-5-13(10-18)11-19-2/h3-4,7,13,17H,5-6,9-11H2,1-2H3. The van der Waals surface area contributed by atoms with Gasteiger partial charge in [-0.3, -0.25) is 0 Å². The van der Waals surface area contributed by atoms with Crippen LogP contribution in [0.25, 0.3) is 0 Å². The van der Waals surface area contributed by atoms with Gasteiger partial charge in [0, 0.05) is 32.7 Å². The van der Waals surface area contributed by atoms with E-state index in [4.69, 9.17) is 4.74 Å². The van der Waals surface area contributed by atoms with Gasteiger partial charge in [0.25, 0.3) is 0 Å². The van der Waals surface area contributed by atoms with Gasteiger partial charge in [0.2, 0.25) is 0 Å². The number of nitriles is 1. The third kappa shape index (κ3) is 3.25. The first-order valence-corrected chi connectivity index (χ1v) is 6.70. The fourth-order valence-corrected chi connectivity index (χ4v) is 2.69. The average molecular weight is 259 g/mol. The fourth-order valence-electron chi connectivity index (χ4n) is 2.69. The molecule has 1 aromatic rings. The molecule has 1 aliphatic heterocycles. The molecule has 0 amide bonds. The Labute approximate surface area is 115 Å². The summed E-state index contributed by atoms with van der Waals surface area (Å²) in [5, 5.41) is 12.4. The number of nitrogens with one attached hydrogen (secondary N) is 1. The Bertz CT molecular complexity index is 467. The zero-order valence-corrected chi connectivity index (χ0v) is 11.6. The minimum Gasteiger partial charge on any atom is -0.384 e. The van der Waals surface area contributed by atoms with Crippen molar-refractivity contribution < 1.29 is 4.74 Å². The maximum atomic E-state index is 9.32. The van der Waals surface area contributed by atoms with Crippen molar-refractivity contribution in [1.29, 1.82) is 5.26 Å². The second-order valence-electron chi connectivity index (χ2n) is 5.05. The molecule has 1 fully saturated rings. The molecule has 0 radical (unpaired) electrons. The molecule has 0 bridgehead atoms. The Kier molecular flexibility index (Phi) is 4.78. The van der Waals surface area contributed by atoms with E-state index in [-0.39, 0.29) is 0 Å². The number of nitrogens with zero attached hydrogens (tertiary/aromatic N) is 2. The van der Waals surface area contributed by atoms with Crippen LogP contribution in [0.4, 0.5) is 5.69 Å². The summed E-state index contributed by atoms with van der Waals surface area (Å²) in [6.45, 7) is 3.58. The van der Waals surface area contributed by atoms with Crippen LogP contribution in [0.5, 0.6) is 0 Å². The third-order valence-corrected chi connectivity index (χ3v) is 3.59. The van der Waals surface area contributed by atoms with E-state index >= 15 is 0 Å². The number of rotatable bonds is 5. The van der Waals surface area contributed by atoms with E-state index in [1.54, 1.807) is 7.11 Å². The van der Waals surface area contributed by atoms with Gasteiger partial charge in [-0.05, 0) is 31.2 Å². The summed E-state index contributed by atoms with van der Waals surface area (Å²) in [6.07, 6.45) is 1.14. The molecule has 1 unspecified atom stereocenters. The third-order valence-electron chi connectivity index (χ3n) is 3.59. The van der Waals surface area contributed by atoms with Gasteiger partial charge in [-0.1, -0.05) is 6.07 Å². The van der Waals surface area contributed by atoms with Crippen molar-refractivity contribution in [3.8, 4) is 6.07 Å². The molecule has 0 saturated carbocycles. The summed E-state index contributed by atoms with van der Waals surface area (Å²) >= 11 is 0. The van der Waals surface area contributed by atoms with Gasteiger partial charge < -0.3 is 15.0 Å². The second kappa shape index (κ2) is 6.55. The van der Waals surface area contributed by atoms with Crippen molar-refractivity contribution in [2.45, 2.75) is 13.0 Å². The molecule has 1 atom stereocenters. The van der Waals surface area contributed by atoms with Crippen molar-refractivity contribution in [1.82, 2.24) is 5.32 Å². The second-order valence-corrected chi connectivity index (χ2v) is 5.05. The first-order chi connectivity index (χ1) is 9.28. The lowest BCUT2D eigenvalue weighted by Gasteiger charge is -2.20. The van der Waals surface area contributed by atoms with Crippen molar-refractivity contribution in [3.63, 3.8) is 0 Å². The van der Waals surface area contributed by atoms with E-state index in [9.17, 15) is 5.26 Å². The normalized spacial score (nSPS) is 18.6. The van der Waals surface area contributed by atoms with E-state index in [1.165, 1.54) is 0 Å². The van der Waals surface area contributed by atoms with Crippen molar-refractivity contribution in [2.75, 3.05) is 38.8 Å². The van der Waals surface area contributed by atoms with Crippen LogP contribution in [0.1, 0.15) is 17.5 Å². The topological polar surface area (TPSA) is 48.3 Å². The fraction of sp³-hybridized carbons (Fsp3) is 0.533. The van der Waals surface area contributed by atoms with Crippen LogP contribution in [-0.4, -0.2) is 33.9 Å². The van der Waals surface area contributed by atoms with E-state index in [0.717, 1.165) is 49.5 Å². The highest BCUT2D eigenvalue weighted by Gasteiger charge is 2.24. The number of benzene rings is 1. The van der Waals surface area contributed by atoms with Crippen molar-refractivity contribution in [2.24, 2.45) is 5.92 Å². The molecule has 0 aromatic heterocycles. The molecule has 1 aromatic carbocycles.